The minimum Gasteiger partial charge on any atom is -0.355 e. The van der Waals surface area contributed by atoms with Gasteiger partial charge in [0.25, 0.3) is 11.8 Å². The van der Waals surface area contributed by atoms with Gasteiger partial charge in [0.05, 0.1) is 11.3 Å². The lowest BCUT2D eigenvalue weighted by atomic mass is 10.1. The third-order valence-corrected chi connectivity index (χ3v) is 4.81. The topological polar surface area (TPSA) is 88.9 Å². The van der Waals surface area contributed by atoms with Crippen LogP contribution in [0.3, 0.4) is 0 Å². The van der Waals surface area contributed by atoms with Gasteiger partial charge in [0, 0.05) is 43.3 Å². The first-order valence-corrected chi connectivity index (χ1v) is 9.80. The molecule has 0 aliphatic carbocycles. The normalized spacial score (nSPS) is 10.5. The van der Waals surface area contributed by atoms with Gasteiger partial charge < -0.3 is 10.6 Å². The third-order valence-electron chi connectivity index (χ3n) is 4.81. The first kappa shape index (κ1) is 20.0. The molecule has 2 amide bonds. The van der Waals surface area contributed by atoms with Gasteiger partial charge in [0.1, 0.15) is 5.69 Å². The van der Waals surface area contributed by atoms with Crippen molar-refractivity contribution in [3.63, 3.8) is 0 Å². The zero-order valence-electron chi connectivity index (χ0n) is 16.9. The number of aromatic nitrogens is 3. The molecule has 31 heavy (non-hydrogen) atoms. The Labute approximate surface area is 179 Å². The molecule has 0 atom stereocenters. The van der Waals surface area contributed by atoms with E-state index < -0.39 is 0 Å². The van der Waals surface area contributed by atoms with Crippen LogP contribution in [0.4, 0.5) is 0 Å². The molecule has 2 N–H and O–H groups in total. The van der Waals surface area contributed by atoms with E-state index in [9.17, 15) is 9.59 Å². The van der Waals surface area contributed by atoms with E-state index in [2.05, 4.69) is 20.7 Å². The highest BCUT2D eigenvalue weighted by Gasteiger charge is 2.18. The van der Waals surface area contributed by atoms with Crippen LogP contribution in [0.25, 0.3) is 16.9 Å². The van der Waals surface area contributed by atoms with Gasteiger partial charge in [0.15, 0.2) is 0 Å². The molecule has 0 fully saturated rings. The first-order valence-electron chi connectivity index (χ1n) is 9.80. The summed E-state index contributed by atoms with van der Waals surface area (Å²) in [6, 6.07) is 20.4. The van der Waals surface area contributed by atoms with E-state index in [0.29, 0.717) is 23.4 Å². The van der Waals surface area contributed by atoms with Crippen LogP contribution < -0.4 is 10.6 Å². The zero-order valence-corrected chi connectivity index (χ0v) is 16.9. The fraction of sp³-hybridized carbons (Fsp3) is 0.0833. The number of amides is 2. The second kappa shape index (κ2) is 9.04. The molecule has 2 heterocycles. The van der Waals surface area contributed by atoms with Crippen LogP contribution in [-0.2, 0) is 6.54 Å². The highest BCUT2D eigenvalue weighted by molar-refractivity contribution is 5.99. The Morgan fingerprint density at radius 3 is 2.39 bits per heavy atom. The van der Waals surface area contributed by atoms with Gasteiger partial charge in [-0.15, -0.1) is 0 Å². The molecule has 7 heteroatoms. The summed E-state index contributed by atoms with van der Waals surface area (Å²) in [5.41, 5.74) is 4.09. The molecule has 0 saturated carbocycles. The molecule has 7 nitrogen and oxygen atoms in total. The number of pyridine rings is 1. The highest BCUT2D eigenvalue weighted by atomic mass is 16.2. The van der Waals surface area contributed by atoms with Crippen LogP contribution in [0.15, 0.2) is 85.3 Å². The van der Waals surface area contributed by atoms with Crippen LogP contribution in [0.1, 0.15) is 26.3 Å². The number of carbonyl (C=O) groups is 2. The van der Waals surface area contributed by atoms with Gasteiger partial charge in [-0.2, -0.15) is 5.10 Å². The molecule has 0 unspecified atom stereocenters. The van der Waals surface area contributed by atoms with E-state index >= 15 is 0 Å². The predicted octanol–water partition coefficient (Wildman–Crippen LogP) is 3.22. The predicted molar refractivity (Wildman–Crippen MR) is 118 cm³/mol. The smallest absolute Gasteiger partial charge is 0.255 e. The number of hydrogen-bond acceptors (Lipinski definition) is 4. The molecule has 2 aromatic heterocycles. The van der Waals surface area contributed by atoms with Crippen LogP contribution in [0.2, 0.25) is 0 Å². The molecule has 0 radical (unpaired) electrons. The van der Waals surface area contributed by atoms with Crippen molar-refractivity contribution in [2.75, 3.05) is 7.05 Å². The number of rotatable bonds is 6. The Morgan fingerprint density at radius 1 is 0.935 bits per heavy atom. The maximum Gasteiger partial charge on any atom is 0.255 e. The SMILES string of the molecule is CNC(=O)c1ccc(CNC(=O)c2cn(-c3ccccc3)nc2-c2cccnc2)cc1. The van der Waals surface area contributed by atoms with Crippen molar-refractivity contribution < 1.29 is 9.59 Å². The van der Waals surface area contributed by atoms with Crippen LogP contribution in [-0.4, -0.2) is 33.6 Å². The summed E-state index contributed by atoms with van der Waals surface area (Å²) in [7, 11) is 1.59. The molecule has 0 aliphatic heterocycles. The van der Waals surface area contributed by atoms with Gasteiger partial charge >= 0.3 is 0 Å². The molecular weight excluding hydrogens is 390 g/mol. The Kier molecular flexibility index (Phi) is 5.84. The lowest BCUT2D eigenvalue weighted by molar-refractivity contribution is 0.0946. The highest BCUT2D eigenvalue weighted by Crippen LogP contribution is 2.23. The summed E-state index contributed by atoms with van der Waals surface area (Å²) in [6.07, 6.45) is 5.09. The molecule has 154 valence electrons. The minimum absolute atomic E-state index is 0.148. The van der Waals surface area contributed by atoms with E-state index in [4.69, 9.17) is 0 Å². The largest absolute Gasteiger partial charge is 0.355 e. The van der Waals surface area contributed by atoms with Crippen molar-refractivity contribution in [1.29, 1.82) is 0 Å². The van der Waals surface area contributed by atoms with E-state index in [1.807, 2.05) is 54.6 Å². The van der Waals surface area contributed by atoms with Crippen molar-refractivity contribution in [3.8, 4) is 16.9 Å². The van der Waals surface area contributed by atoms with Gasteiger partial charge in [-0.3, -0.25) is 14.6 Å². The van der Waals surface area contributed by atoms with E-state index in [-0.39, 0.29) is 11.8 Å². The van der Waals surface area contributed by atoms with E-state index in [1.54, 1.807) is 42.5 Å². The maximum atomic E-state index is 13.0. The standard InChI is InChI=1S/C24H21N5O2/c1-25-23(30)18-11-9-17(10-12-18)14-27-24(31)21-16-29(20-7-3-2-4-8-20)28-22(21)19-6-5-13-26-15-19/h2-13,15-16H,14H2,1H3,(H,25,30)(H,27,31). The molecular formula is C24H21N5O2. The molecule has 0 spiro atoms. The first-order chi connectivity index (χ1) is 15.2. The lowest BCUT2D eigenvalue weighted by Crippen LogP contribution is -2.23. The van der Waals surface area contributed by atoms with E-state index in [1.165, 1.54) is 0 Å². The van der Waals surface area contributed by atoms with Gasteiger partial charge in [-0.05, 0) is 42.0 Å². The lowest BCUT2D eigenvalue weighted by Gasteiger charge is -2.06. The number of para-hydroxylation sites is 1. The minimum atomic E-state index is -0.239. The van der Waals surface area contributed by atoms with Gasteiger partial charge in [-0.1, -0.05) is 30.3 Å². The van der Waals surface area contributed by atoms with Crippen molar-refractivity contribution in [1.82, 2.24) is 25.4 Å². The summed E-state index contributed by atoms with van der Waals surface area (Å²) in [4.78, 5) is 28.9. The number of benzene rings is 2. The monoisotopic (exact) mass is 411 g/mol. The quantitative estimate of drug-likeness (QED) is 0.510. The van der Waals surface area contributed by atoms with Crippen molar-refractivity contribution in [3.05, 3.63) is 102 Å². The fourth-order valence-corrected chi connectivity index (χ4v) is 3.17. The number of nitrogens with one attached hydrogen (secondary N) is 2. The molecule has 4 aromatic rings. The molecule has 0 bridgehead atoms. The van der Waals surface area contributed by atoms with E-state index in [0.717, 1.165) is 16.8 Å². The van der Waals surface area contributed by atoms with Crippen LogP contribution >= 0.6 is 0 Å². The maximum absolute atomic E-state index is 13.0. The third kappa shape index (κ3) is 4.51. The Balaban J connectivity index is 1.58. The number of nitrogens with zero attached hydrogens (tertiary/aromatic N) is 3. The van der Waals surface area contributed by atoms with Crippen molar-refractivity contribution in [2.45, 2.75) is 6.54 Å². The molecule has 4 rings (SSSR count). The van der Waals surface area contributed by atoms with Crippen LogP contribution in [0.5, 0.6) is 0 Å². The fourth-order valence-electron chi connectivity index (χ4n) is 3.17. The van der Waals surface area contributed by atoms with Crippen molar-refractivity contribution in [2.24, 2.45) is 0 Å². The van der Waals surface area contributed by atoms with Crippen molar-refractivity contribution >= 4 is 11.8 Å². The van der Waals surface area contributed by atoms with Gasteiger partial charge in [-0.25, -0.2) is 4.68 Å². The summed E-state index contributed by atoms with van der Waals surface area (Å²) >= 11 is 0. The summed E-state index contributed by atoms with van der Waals surface area (Å²) in [5.74, 6) is -0.388. The summed E-state index contributed by atoms with van der Waals surface area (Å²) < 4.78 is 1.69. The Morgan fingerprint density at radius 2 is 1.71 bits per heavy atom. The molecule has 0 aliphatic rings. The second-order valence-electron chi connectivity index (χ2n) is 6.87. The summed E-state index contributed by atoms with van der Waals surface area (Å²) in [6.45, 7) is 0.329. The average Bonchev–Trinajstić information content (AvgIpc) is 3.29. The Hall–Kier alpha value is -4.26. The zero-order chi connectivity index (χ0) is 21.6. The molecule has 2 aromatic carbocycles. The molecule has 0 saturated heterocycles. The average molecular weight is 411 g/mol. The van der Waals surface area contributed by atoms with Gasteiger partial charge in [0.2, 0.25) is 0 Å². The Bertz CT molecular complexity index is 1190. The summed E-state index contributed by atoms with van der Waals surface area (Å²) in [5, 5.41) is 10.2. The number of carbonyl (C=O) groups excluding carboxylic acids is 2. The second-order valence-corrected chi connectivity index (χ2v) is 6.87. The number of hydrogen-bond donors (Lipinski definition) is 2. The van der Waals surface area contributed by atoms with Crippen LogP contribution in [0, 0.1) is 0 Å².